The number of nitrogens with one attached hydrogen (secondary N) is 1. The molecule has 1 atom stereocenters. The van der Waals surface area contributed by atoms with Gasteiger partial charge in [-0.1, -0.05) is 6.07 Å². The largest absolute Gasteiger partial charge is 0.396 e. The summed E-state index contributed by atoms with van der Waals surface area (Å²) in [5.74, 6) is -0.165. The molecule has 0 aliphatic carbocycles. The van der Waals surface area contributed by atoms with Crippen LogP contribution in [0.3, 0.4) is 0 Å². The zero-order valence-corrected chi connectivity index (χ0v) is 12.1. The van der Waals surface area contributed by atoms with Gasteiger partial charge in [0.25, 0.3) is 0 Å². The molecule has 2 N–H and O–H groups in total. The Bertz CT molecular complexity index is 384. The van der Waals surface area contributed by atoms with E-state index in [4.69, 9.17) is 5.11 Å². The van der Waals surface area contributed by atoms with Crippen molar-refractivity contribution >= 4 is 5.69 Å². The van der Waals surface area contributed by atoms with Crippen LogP contribution in [0.5, 0.6) is 0 Å². The molecule has 0 bridgehead atoms. The van der Waals surface area contributed by atoms with Crippen molar-refractivity contribution in [2.75, 3.05) is 32.1 Å². The molecule has 3 nitrogen and oxygen atoms in total. The monoisotopic (exact) mass is 268 g/mol. The highest BCUT2D eigenvalue weighted by Crippen LogP contribution is 2.28. The lowest BCUT2D eigenvalue weighted by Gasteiger charge is -2.25. The van der Waals surface area contributed by atoms with Crippen LogP contribution in [0, 0.1) is 5.82 Å². The first-order chi connectivity index (χ1) is 9.11. The lowest BCUT2D eigenvalue weighted by Crippen LogP contribution is -2.24. The fourth-order valence-electron chi connectivity index (χ4n) is 2.19. The summed E-state index contributed by atoms with van der Waals surface area (Å²) in [4.78, 5) is 2.09. The third kappa shape index (κ3) is 4.48. The van der Waals surface area contributed by atoms with Crippen LogP contribution in [0.15, 0.2) is 18.2 Å². The number of anilines is 1. The van der Waals surface area contributed by atoms with Crippen LogP contribution >= 0.6 is 0 Å². The fraction of sp³-hybridized carbons (Fsp3) is 0.600. The van der Waals surface area contributed by atoms with E-state index >= 15 is 0 Å². The van der Waals surface area contributed by atoms with Crippen molar-refractivity contribution in [2.24, 2.45) is 0 Å². The molecule has 0 saturated heterocycles. The second kappa shape index (κ2) is 8.12. The summed E-state index contributed by atoms with van der Waals surface area (Å²) in [5.41, 5.74) is 1.65. The molecule has 1 aromatic rings. The van der Waals surface area contributed by atoms with E-state index in [1.54, 1.807) is 6.07 Å². The highest BCUT2D eigenvalue weighted by atomic mass is 19.1. The molecule has 0 aliphatic heterocycles. The first-order valence-electron chi connectivity index (χ1n) is 6.89. The van der Waals surface area contributed by atoms with Crippen molar-refractivity contribution in [1.29, 1.82) is 0 Å². The fourth-order valence-corrected chi connectivity index (χ4v) is 2.19. The molecule has 1 rings (SSSR count). The Morgan fingerprint density at radius 3 is 2.68 bits per heavy atom. The highest BCUT2D eigenvalue weighted by Gasteiger charge is 2.16. The Kier molecular flexibility index (Phi) is 6.81. The van der Waals surface area contributed by atoms with Gasteiger partial charge < -0.3 is 15.3 Å². The maximum atomic E-state index is 14.0. The predicted molar refractivity (Wildman–Crippen MR) is 78.1 cm³/mol. The first-order valence-corrected chi connectivity index (χ1v) is 6.89. The zero-order valence-electron chi connectivity index (χ0n) is 12.1. The van der Waals surface area contributed by atoms with Gasteiger partial charge in [0.1, 0.15) is 5.82 Å². The highest BCUT2D eigenvalue weighted by molar-refractivity contribution is 5.55. The summed E-state index contributed by atoms with van der Waals surface area (Å²) in [6, 6.07) is 5.20. The third-order valence-electron chi connectivity index (χ3n) is 3.46. The minimum Gasteiger partial charge on any atom is -0.396 e. The van der Waals surface area contributed by atoms with Crippen molar-refractivity contribution in [3.63, 3.8) is 0 Å². The summed E-state index contributed by atoms with van der Waals surface area (Å²) >= 11 is 0. The van der Waals surface area contributed by atoms with Gasteiger partial charge in [-0.25, -0.2) is 4.39 Å². The quantitative estimate of drug-likeness (QED) is 0.712. The Labute approximate surface area is 115 Å². The smallest absolute Gasteiger partial charge is 0.130 e. The average molecular weight is 268 g/mol. The van der Waals surface area contributed by atoms with Crippen molar-refractivity contribution in [2.45, 2.75) is 32.2 Å². The molecular formula is C15H25FN2O. The maximum absolute atomic E-state index is 14.0. The van der Waals surface area contributed by atoms with Crippen molar-refractivity contribution in [3.8, 4) is 0 Å². The van der Waals surface area contributed by atoms with Gasteiger partial charge in [-0.15, -0.1) is 0 Å². The summed E-state index contributed by atoms with van der Waals surface area (Å²) < 4.78 is 14.0. The van der Waals surface area contributed by atoms with E-state index in [1.807, 2.05) is 27.1 Å². The van der Waals surface area contributed by atoms with Crippen LogP contribution in [0.2, 0.25) is 0 Å². The van der Waals surface area contributed by atoms with Gasteiger partial charge in [-0.3, -0.25) is 0 Å². The lowest BCUT2D eigenvalue weighted by molar-refractivity contribution is 0.283. The molecule has 19 heavy (non-hydrogen) atoms. The number of hydrogen-bond acceptors (Lipinski definition) is 3. The molecule has 4 heteroatoms. The van der Waals surface area contributed by atoms with E-state index in [9.17, 15) is 4.39 Å². The average Bonchev–Trinajstić information content (AvgIpc) is 2.42. The van der Waals surface area contributed by atoms with E-state index in [2.05, 4.69) is 10.2 Å². The van der Waals surface area contributed by atoms with Gasteiger partial charge in [0.2, 0.25) is 0 Å². The van der Waals surface area contributed by atoms with Crippen molar-refractivity contribution in [1.82, 2.24) is 5.32 Å². The van der Waals surface area contributed by atoms with Gasteiger partial charge in [-0.2, -0.15) is 0 Å². The third-order valence-corrected chi connectivity index (χ3v) is 3.46. The second-order valence-electron chi connectivity index (χ2n) is 4.89. The molecule has 0 aromatic heterocycles. The molecule has 0 spiro atoms. The van der Waals surface area contributed by atoms with Crippen LogP contribution in [0.4, 0.5) is 10.1 Å². The number of nitrogens with zero attached hydrogens (tertiary/aromatic N) is 1. The van der Waals surface area contributed by atoms with Crippen LogP contribution < -0.4 is 10.2 Å². The number of hydrogen-bond donors (Lipinski definition) is 2. The second-order valence-corrected chi connectivity index (χ2v) is 4.89. The van der Waals surface area contributed by atoms with Crippen molar-refractivity contribution < 1.29 is 9.50 Å². The first kappa shape index (κ1) is 15.9. The molecule has 1 aromatic carbocycles. The van der Waals surface area contributed by atoms with Crippen LogP contribution in [-0.2, 0) is 0 Å². The summed E-state index contributed by atoms with van der Waals surface area (Å²) in [5, 5.41) is 11.9. The topological polar surface area (TPSA) is 35.5 Å². The normalized spacial score (nSPS) is 12.5. The van der Waals surface area contributed by atoms with Gasteiger partial charge >= 0.3 is 0 Å². The van der Waals surface area contributed by atoms with Crippen LogP contribution in [-0.4, -0.2) is 32.4 Å². The SMILES string of the molecule is CNC(C)c1c(F)cccc1N(C)CCCCCO. The number of aliphatic hydroxyl groups excluding tert-OH is 1. The van der Waals surface area contributed by atoms with Gasteiger partial charge in [0, 0.05) is 37.5 Å². The molecule has 0 radical (unpaired) electrons. The Hall–Kier alpha value is -1.13. The molecule has 0 saturated carbocycles. The Balaban J connectivity index is 2.78. The summed E-state index contributed by atoms with van der Waals surface area (Å²) in [6.07, 6.45) is 2.82. The van der Waals surface area contributed by atoms with E-state index < -0.39 is 0 Å². The Morgan fingerprint density at radius 2 is 2.05 bits per heavy atom. The number of aliphatic hydroxyl groups is 1. The molecule has 0 amide bonds. The molecule has 0 aliphatic rings. The minimum atomic E-state index is -0.165. The molecule has 0 heterocycles. The van der Waals surface area contributed by atoms with E-state index in [1.165, 1.54) is 6.07 Å². The van der Waals surface area contributed by atoms with E-state index in [-0.39, 0.29) is 18.5 Å². The standard InChI is InChI=1S/C15H25FN2O/c1-12(17-2)15-13(16)8-7-9-14(15)18(3)10-5-4-6-11-19/h7-9,12,17,19H,4-6,10-11H2,1-3H3. The van der Waals surface area contributed by atoms with E-state index in [0.717, 1.165) is 37.1 Å². The van der Waals surface area contributed by atoms with Crippen LogP contribution in [0.25, 0.3) is 0 Å². The van der Waals surface area contributed by atoms with Crippen molar-refractivity contribution in [3.05, 3.63) is 29.6 Å². The van der Waals surface area contributed by atoms with E-state index in [0.29, 0.717) is 0 Å². The molecule has 0 fully saturated rings. The van der Waals surface area contributed by atoms with Gasteiger partial charge in [0.15, 0.2) is 0 Å². The van der Waals surface area contributed by atoms with Gasteiger partial charge in [-0.05, 0) is 45.4 Å². The van der Waals surface area contributed by atoms with Gasteiger partial charge in [0.05, 0.1) is 0 Å². The predicted octanol–water partition coefficient (Wildman–Crippen LogP) is 2.70. The minimum absolute atomic E-state index is 0.0175. The number of rotatable bonds is 8. The number of unbranched alkanes of at least 4 members (excludes halogenated alkanes) is 2. The zero-order chi connectivity index (χ0) is 14.3. The number of halogens is 1. The number of benzene rings is 1. The molecular weight excluding hydrogens is 243 g/mol. The molecule has 108 valence electrons. The maximum Gasteiger partial charge on any atom is 0.130 e. The Morgan fingerprint density at radius 1 is 1.32 bits per heavy atom. The summed E-state index contributed by atoms with van der Waals surface area (Å²) in [7, 11) is 3.82. The lowest BCUT2D eigenvalue weighted by atomic mass is 10.0. The van der Waals surface area contributed by atoms with Crippen LogP contribution in [0.1, 0.15) is 37.8 Å². The molecule has 1 unspecified atom stereocenters. The summed E-state index contributed by atoms with van der Waals surface area (Å²) in [6.45, 7) is 3.07.